The van der Waals surface area contributed by atoms with Gasteiger partial charge in [0.2, 0.25) is 5.60 Å². The van der Waals surface area contributed by atoms with E-state index in [1.165, 1.54) is 0 Å². The van der Waals surface area contributed by atoms with Crippen LogP contribution in [0.15, 0.2) is 41.7 Å². The minimum atomic E-state index is -1.32. The first-order valence-corrected chi connectivity index (χ1v) is 12.2. The average molecular weight is 483 g/mol. The van der Waals surface area contributed by atoms with E-state index in [1.807, 2.05) is 44.2 Å². The summed E-state index contributed by atoms with van der Waals surface area (Å²) in [6.07, 6.45) is 4.37. The third kappa shape index (κ3) is 5.26. The second-order valence-electron chi connectivity index (χ2n) is 9.84. The highest BCUT2D eigenvalue weighted by Gasteiger charge is 2.50. The highest BCUT2D eigenvalue weighted by Crippen LogP contribution is 2.37. The van der Waals surface area contributed by atoms with Crippen molar-refractivity contribution in [2.75, 3.05) is 13.3 Å². The third-order valence-electron chi connectivity index (χ3n) is 7.24. The molecule has 0 spiro atoms. The molecule has 0 N–H and O–H groups in total. The fourth-order valence-corrected chi connectivity index (χ4v) is 4.64. The van der Waals surface area contributed by atoms with Crippen molar-refractivity contribution in [2.45, 2.75) is 58.0 Å². The van der Waals surface area contributed by atoms with Gasteiger partial charge in [0.1, 0.15) is 12.4 Å². The number of esters is 1. The van der Waals surface area contributed by atoms with E-state index in [2.05, 4.69) is 10.1 Å². The summed E-state index contributed by atoms with van der Waals surface area (Å²) in [5.74, 6) is -2.78. The van der Waals surface area contributed by atoms with E-state index >= 15 is 0 Å². The van der Waals surface area contributed by atoms with E-state index in [0.29, 0.717) is 23.9 Å². The van der Waals surface area contributed by atoms with E-state index in [0.717, 1.165) is 30.0 Å². The maximum Gasteiger partial charge on any atom is 0.306 e. The summed E-state index contributed by atoms with van der Waals surface area (Å²) >= 11 is 0. The van der Waals surface area contributed by atoms with Gasteiger partial charge in [0.05, 0.1) is 18.7 Å². The molecule has 1 fully saturated rings. The largest absolute Gasteiger partial charge is 0.465 e. The Bertz CT molecular complexity index is 1140. The summed E-state index contributed by atoms with van der Waals surface area (Å²) in [5.41, 5.74) is -0.148. The third-order valence-corrected chi connectivity index (χ3v) is 7.24. The van der Waals surface area contributed by atoms with Gasteiger partial charge in [0, 0.05) is 36.3 Å². The number of Topliss-reactive ketones (excluding diaryl/α,β-unsaturated/α-hetero) is 2. The molecule has 186 valence electrons. The Labute approximate surface area is 204 Å². The molecule has 0 unspecified atom stereocenters. The molecule has 0 bridgehead atoms. The van der Waals surface area contributed by atoms with Crippen LogP contribution in [0.2, 0.25) is 0 Å². The Balaban J connectivity index is 1.49. The van der Waals surface area contributed by atoms with Crippen LogP contribution in [-0.2, 0) is 24.0 Å². The Hall–Kier alpha value is -3.16. The number of ketones is 2. The summed E-state index contributed by atoms with van der Waals surface area (Å²) < 4.78 is 18.6. The zero-order valence-corrected chi connectivity index (χ0v) is 20.2. The minimum Gasteiger partial charge on any atom is -0.465 e. The predicted molar refractivity (Wildman–Crippen MR) is 129 cm³/mol. The standard InChI is InChI=1S/C27H31FN2O5/c1-17(2)27(14-22(30-35-27)26-21-9-4-3-8-19(21)10-11-29-26)24(32)12-20(23(31)15-28)13-25(33)34-16-18-6-5-7-18/h3-4,8-11,17-18,20H,5-7,12-16H2,1-2H3/t20-,27+/m0/s1. The molecule has 2 aliphatic rings. The number of ether oxygens (including phenoxy) is 1. The molecule has 2 heterocycles. The Morgan fingerprint density at radius 1 is 1.17 bits per heavy atom. The molecule has 0 amide bonds. The fourth-order valence-electron chi connectivity index (χ4n) is 4.64. The number of hydrogen-bond acceptors (Lipinski definition) is 7. The molecule has 2 aromatic rings. The number of fused-ring (bicyclic) bond motifs is 1. The molecule has 1 aliphatic heterocycles. The van der Waals surface area contributed by atoms with Gasteiger partial charge in [-0.25, -0.2) is 4.39 Å². The summed E-state index contributed by atoms with van der Waals surface area (Å²) in [5, 5.41) is 6.11. The number of nitrogens with zero attached hydrogens (tertiary/aromatic N) is 2. The lowest BCUT2D eigenvalue weighted by molar-refractivity contribution is -0.153. The van der Waals surface area contributed by atoms with E-state index in [1.54, 1.807) is 6.20 Å². The molecule has 1 aliphatic carbocycles. The maximum absolute atomic E-state index is 13.5. The Morgan fingerprint density at radius 2 is 1.94 bits per heavy atom. The number of benzene rings is 1. The Kier molecular flexibility index (Phi) is 7.57. The first kappa shape index (κ1) is 24.9. The highest BCUT2D eigenvalue weighted by molar-refractivity contribution is 6.12. The SMILES string of the molecule is CC(C)[C@@]1(C(=O)C[C@@H](CC(=O)OCC2CCC2)C(=O)CF)CC(c2nccc3ccccc23)=NO1. The van der Waals surface area contributed by atoms with Crippen molar-refractivity contribution in [3.8, 4) is 0 Å². The second-order valence-corrected chi connectivity index (χ2v) is 9.84. The lowest BCUT2D eigenvalue weighted by atomic mass is 9.77. The highest BCUT2D eigenvalue weighted by atomic mass is 19.1. The van der Waals surface area contributed by atoms with Gasteiger partial charge in [-0.15, -0.1) is 0 Å². The number of alkyl halides is 1. The first-order chi connectivity index (χ1) is 16.8. The molecule has 0 saturated heterocycles. The van der Waals surface area contributed by atoms with Crippen molar-refractivity contribution in [1.82, 2.24) is 4.98 Å². The van der Waals surface area contributed by atoms with Crippen LogP contribution in [0.1, 0.15) is 58.1 Å². The first-order valence-electron chi connectivity index (χ1n) is 12.2. The van der Waals surface area contributed by atoms with E-state index in [-0.39, 0.29) is 31.0 Å². The van der Waals surface area contributed by atoms with Crippen molar-refractivity contribution < 1.29 is 28.3 Å². The molecular weight excluding hydrogens is 451 g/mol. The number of rotatable bonds is 11. The number of halogens is 1. The summed E-state index contributed by atoms with van der Waals surface area (Å²) in [7, 11) is 0. The van der Waals surface area contributed by atoms with Gasteiger partial charge >= 0.3 is 5.97 Å². The molecule has 35 heavy (non-hydrogen) atoms. The predicted octanol–water partition coefficient (Wildman–Crippen LogP) is 4.60. The summed E-state index contributed by atoms with van der Waals surface area (Å²) in [6.45, 7) is 2.74. The molecular formula is C27H31FN2O5. The van der Waals surface area contributed by atoms with Gasteiger partial charge in [0.15, 0.2) is 11.6 Å². The summed E-state index contributed by atoms with van der Waals surface area (Å²) in [6, 6.07) is 9.63. The number of carbonyl (C=O) groups is 3. The van der Waals surface area contributed by atoms with Crippen molar-refractivity contribution in [2.24, 2.45) is 22.9 Å². The number of pyridine rings is 1. The van der Waals surface area contributed by atoms with Gasteiger partial charge in [-0.1, -0.05) is 49.7 Å². The van der Waals surface area contributed by atoms with Crippen molar-refractivity contribution in [1.29, 1.82) is 0 Å². The van der Waals surface area contributed by atoms with Crippen LogP contribution in [0.5, 0.6) is 0 Å². The van der Waals surface area contributed by atoms with Crippen LogP contribution in [0.3, 0.4) is 0 Å². The lowest BCUT2D eigenvalue weighted by Crippen LogP contribution is -2.45. The van der Waals surface area contributed by atoms with Gasteiger partial charge in [-0.3, -0.25) is 19.4 Å². The van der Waals surface area contributed by atoms with E-state index in [4.69, 9.17) is 9.57 Å². The van der Waals surface area contributed by atoms with Crippen LogP contribution in [0.4, 0.5) is 4.39 Å². The molecule has 1 aromatic carbocycles. The molecule has 1 saturated carbocycles. The molecule has 4 rings (SSSR count). The smallest absolute Gasteiger partial charge is 0.306 e. The molecule has 2 atom stereocenters. The zero-order valence-electron chi connectivity index (χ0n) is 20.2. The van der Waals surface area contributed by atoms with Crippen LogP contribution in [-0.4, -0.2) is 47.1 Å². The molecule has 8 heteroatoms. The quantitative estimate of drug-likeness (QED) is 0.435. The van der Waals surface area contributed by atoms with Gasteiger partial charge in [-0.2, -0.15) is 0 Å². The van der Waals surface area contributed by atoms with Crippen molar-refractivity contribution in [3.63, 3.8) is 0 Å². The van der Waals surface area contributed by atoms with Crippen molar-refractivity contribution >= 4 is 34.0 Å². The topological polar surface area (TPSA) is 94.9 Å². The maximum atomic E-state index is 13.5. The second kappa shape index (κ2) is 10.6. The van der Waals surface area contributed by atoms with Gasteiger partial charge in [0.25, 0.3) is 0 Å². The number of hydrogen-bond donors (Lipinski definition) is 0. The summed E-state index contributed by atoms with van der Waals surface area (Å²) in [4.78, 5) is 48.4. The van der Waals surface area contributed by atoms with Crippen LogP contribution in [0, 0.1) is 17.8 Å². The molecule has 0 radical (unpaired) electrons. The molecule has 7 nitrogen and oxygen atoms in total. The average Bonchev–Trinajstić information content (AvgIpc) is 3.28. The lowest BCUT2D eigenvalue weighted by Gasteiger charge is -2.30. The number of aromatic nitrogens is 1. The van der Waals surface area contributed by atoms with Crippen LogP contribution < -0.4 is 0 Å². The molecule has 1 aromatic heterocycles. The fraction of sp³-hybridized carbons (Fsp3) is 0.519. The number of oxime groups is 1. The normalized spacial score (nSPS) is 20.7. The van der Waals surface area contributed by atoms with Crippen LogP contribution in [0.25, 0.3) is 10.8 Å². The monoisotopic (exact) mass is 482 g/mol. The van der Waals surface area contributed by atoms with Crippen molar-refractivity contribution in [3.05, 3.63) is 42.2 Å². The Morgan fingerprint density at radius 3 is 2.63 bits per heavy atom. The zero-order chi connectivity index (χ0) is 25.0. The van der Waals surface area contributed by atoms with Crippen LogP contribution >= 0.6 is 0 Å². The van der Waals surface area contributed by atoms with Gasteiger partial charge in [-0.05, 0) is 30.2 Å². The minimum absolute atomic E-state index is 0.174. The van der Waals surface area contributed by atoms with E-state index < -0.39 is 29.9 Å². The van der Waals surface area contributed by atoms with E-state index in [9.17, 15) is 18.8 Å². The van der Waals surface area contributed by atoms with Gasteiger partial charge < -0.3 is 9.57 Å². The number of carbonyl (C=O) groups excluding carboxylic acids is 3.